The van der Waals surface area contributed by atoms with Gasteiger partial charge in [0.2, 0.25) is 10.0 Å². The van der Waals surface area contributed by atoms with Crippen molar-refractivity contribution < 1.29 is 30.8 Å². The number of nitrogens with zero attached hydrogens (tertiary/aromatic N) is 3. The van der Waals surface area contributed by atoms with Crippen LogP contribution in [0.2, 0.25) is 0 Å². The normalized spacial score (nSPS) is 12.3. The van der Waals surface area contributed by atoms with Crippen molar-refractivity contribution in [2.75, 3.05) is 13.6 Å². The first kappa shape index (κ1) is 22.8. The van der Waals surface area contributed by atoms with Crippen LogP contribution in [-0.2, 0) is 29.2 Å². The van der Waals surface area contributed by atoms with E-state index in [1.807, 2.05) is 25.1 Å². The van der Waals surface area contributed by atoms with E-state index in [-0.39, 0.29) is 31.3 Å². The molecule has 0 atom stereocenters. The number of sulfonamides is 1. The Morgan fingerprint density at radius 3 is 2.58 bits per heavy atom. The number of hydrogen-bond donors (Lipinski definition) is 0. The molecule has 0 saturated carbocycles. The Morgan fingerprint density at radius 2 is 1.87 bits per heavy atom. The number of aryl methyl sites for hydroxylation is 1. The molecule has 0 amide bonds. The van der Waals surface area contributed by atoms with Crippen molar-refractivity contribution >= 4 is 10.0 Å². The van der Waals surface area contributed by atoms with Crippen LogP contribution in [0.15, 0.2) is 57.9 Å². The van der Waals surface area contributed by atoms with Gasteiger partial charge in [-0.2, -0.15) is 18.2 Å². The number of likely N-dealkylation sites (N-methyl/N-ethyl adjacent to an activating group) is 1. The molecule has 31 heavy (non-hydrogen) atoms. The first-order chi connectivity index (χ1) is 14.6. The molecule has 3 rings (SSSR count). The van der Waals surface area contributed by atoms with E-state index >= 15 is 0 Å². The molecule has 0 unspecified atom stereocenters. The third kappa shape index (κ3) is 5.61. The predicted molar refractivity (Wildman–Crippen MR) is 105 cm³/mol. The molecule has 0 aliphatic heterocycles. The van der Waals surface area contributed by atoms with Crippen LogP contribution in [-0.4, -0.2) is 36.5 Å². The summed E-state index contributed by atoms with van der Waals surface area (Å²) in [6.45, 7) is 1.82. The largest absolute Gasteiger partial charge is 0.484 e. The molecule has 0 aliphatic carbocycles. The van der Waals surface area contributed by atoms with Gasteiger partial charge >= 0.3 is 6.18 Å². The zero-order chi connectivity index (χ0) is 22.6. The van der Waals surface area contributed by atoms with E-state index in [1.54, 1.807) is 6.07 Å². The van der Waals surface area contributed by atoms with Crippen LogP contribution in [0.4, 0.5) is 13.2 Å². The molecule has 0 spiro atoms. The third-order valence-corrected chi connectivity index (χ3v) is 6.31. The first-order valence-corrected chi connectivity index (χ1v) is 10.6. The van der Waals surface area contributed by atoms with Crippen LogP contribution in [0.3, 0.4) is 0 Å². The van der Waals surface area contributed by atoms with Gasteiger partial charge in [0.05, 0.1) is 10.5 Å². The van der Waals surface area contributed by atoms with E-state index in [4.69, 9.17) is 9.26 Å². The van der Waals surface area contributed by atoms with Crippen molar-refractivity contribution in [2.24, 2.45) is 0 Å². The highest BCUT2D eigenvalue weighted by Crippen LogP contribution is 2.34. The van der Waals surface area contributed by atoms with Crippen LogP contribution >= 0.6 is 0 Å². The van der Waals surface area contributed by atoms with Gasteiger partial charge in [-0.05, 0) is 36.8 Å². The van der Waals surface area contributed by atoms with E-state index in [1.165, 1.54) is 13.1 Å². The van der Waals surface area contributed by atoms with Crippen molar-refractivity contribution in [2.45, 2.75) is 31.0 Å². The summed E-state index contributed by atoms with van der Waals surface area (Å²) in [6, 6.07) is 11.5. The van der Waals surface area contributed by atoms with Gasteiger partial charge in [0, 0.05) is 20.0 Å². The Kier molecular flexibility index (Phi) is 6.65. The highest BCUT2D eigenvalue weighted by molar-refractivity contribution is 7.89. The van der Waals surface area contributed by atoms with E-state index < -0.39 is 26.7 Å². The second kappa shape index (κ2) is 9.06. The lowest BCUT2D eigenvalue weighted by atomic mass is 10.2. The first-order valence-electron chi connectivity index (χ1n) is 9.21. The van der Waals surface area contributed by atoms with Gasteiger partial charge in [-0.15, -0.1) is 0 Å². The molecule has 2 aromatic carbocycles. The Balaban J connectivity index is 1.63. The molecule has 0 N–H and O–H groups in total. The van der Waals surface area contributed by atoms with Gasteiger partial charge < -0.3 is 9.26 Å². The summed E-state index contributed by atoms with van der Waals surface area (Å²) in [6.07, 6.45) is -4.73. The van der Waals surface area contributed by atoms with Gasteiger partial charge in [-0.3, -0.25) is 0 Å². The molecular weight excluding hydrogens is 435 g/mol. The molecule has 1 aromatic heterocycles. The lowest BCUT2D eigenvalue weighted by Crippen LogP contribution is -2.31. The minimum atomic E-state index is -4.79. The maximum atomic E-state index is 13.2. The number of ether oxygens (including phenoxy) is 1. The Hall–Kier alpha value is -2.92. The summed E-state index contributed by atoms with van der Waals surface area (Å²) >= 11 is 0. The van der Waals surface area contributed by atoms with Crippen LogP contribution < -0.4 is 4.74 Å². The highest BCUT2D eigenvalue weighted by atomic mass is 32.2. The highest BCUT2D eigenvalue weighted by Gasteiger charge is 2.38. The standard InChI is InChI=1S/C20H20F3N3O4S/c1-14-6-5-7-15(12-14)29-13-19-24-18(25-30-19)10-11-26(2)31(27,28)17-9-4-3-8-16(17)20(21,22)23/h3-9,12H,10-11,13H2,1-2H3. The van der Waals surface area contributed by atoms with Crippen molar-refractivity contribution in [3.8, 4) is 5.75 Å². The summed E-state index contributed by atoms with van der Waals surface area (Å²) in [5, 5.41) is 3.76. The lowest BCUT2D eigenvalue weighted by Gasteiger charge is -2.19. The van der Waals surface area contributed by atoms with Gasteiger partial charge in [-0.25, -0.2) is 12.7 Å². The SMILES string of the molecule is Cc1cccc(OCc2nc(CCN(C)S(=O)(=O)c3ccccc3C(F)(F)F)no2)c1. The van der Waals surface area contributed by atoms with Crippen LogP contribution in [0, 0.1) is 6.92 Å². The van der Waals surface area contributed by atoms with Crippen molar-refractivity contribution in [3.63, 3.8) is 0 Å². The van der Waals surface area contributed by atoms with Crippen LogP contribution in [0.25, 0.3) is 0 Å². The number of benzene rings is 2. The smallest absolute Gasteiger partial charge is 0.417 e. The van der Waals surface area contributed by atoms with E-state index in [0.717, 1.165) is 28.1 Å². The maximum absolute atomic E-state index is 13.2. The fourth-order valence-electron chi connectivity index (χ4n) is 2.77. The van der Waals surface area contributed by atoms with Gasteiger partial charge in [0.15, 0.2) is 12.4 Å². The molecule has 0 radical (unpaired) electrons. The van der Waals surface area contributed by atoms with E-state index in [0.29, 0.717) is 5.75 Å². The number of alkyl halides is 3. The molecule has 0 bridgehead atoms. The molecule has 1 heterocycles. The molecule has 0 aliphatic rings. The lowest BCUT2D eigenvalue weighted by molar-refractivity contribution is -0.139. The zero-order valence-corrected chi connectivity index (χ0v) is 17.6. The van der Waals surface area contributed by atoms with Crippen molar-refractivity contribution in [3.05, 3.63) is 71.4 Å². The number of rotatable bonds is 8. The summed E-state index contributed by atoms with van der Waals surface area (Å²) in [5.74, 6) is 1.05. The quantitative estimate of drug-likeness (QED) is 0.513. The Labute approximate surface area is 177 Å². The number of aromatic nitrogens is 2. The second-order valence-corrected chi connectivity index (χ2v) is 8.79. The zero-order valence-electron chi connectivity index (χ0n) is 16.8. The number of hydrogen-bond acceptors (Lipinski definition) is 6. The van der Waals surface area contributed by atoms with Crippen LogP contribution in [0.5, 0.6) is 5.75 Å². The van der Waals surface area contributed by atoms with Gasteiger partial charge in [0.1, 0.15) is 5.75 Å². The molecular formula is C20H20F3N3O4S. The molecule has 11 heteroatoms. The van der Waals surface area contributed by atoms with Gasteiger partial charge in [-0.1, -0.05) is 29.4 Å². The predicted octanol–water partition coefficient (Wildman–Crippen LogP) is 3.84. The molecule has 7 nitrogen and oxygen atoms in total. The van der Waals surface area contributed by atoms with Crippen LogP contribution in [0.1, 0.15) is 22.8 Å². The monoisotopic (exact) mass is 455 g/mol. The third-order valence-electron chi connectivity index (χ3n) is 4.39. The molecule has 0 saturated heterocycles. The maximum Gasteiger partial charge on any atom is 0.417 e. The summed E-state index contributed by atoms with van der Waals surface area (Å²) in [4.78, 5) is 3.33. The van der Waals surface area contributed by atoms with Crippen molar-refractivity contribution in [1.29, 1.82) is 0 Å². The van der Waals surface area contributed by atoms with E-state index in [9.17, 15) is 21.6 Å². The average Bonchev–Trinajstić information content (AvgIpc) is 3.18. The fraction of sp³-hybridized carbons (Fsp3) is 0.300. The topological polar surface area (TPSA) is 85.5 Å². The molecule has 0 fully saturated rings. The van der Waals surface area contributed by atoms with Crippen molar-refractivity contribution in [1.82, 2.24) is 14.4 Å². The van der Waals surface area contributed by atoms with E-state index in [2.05, 4.69) is 10.1 Å². The Bertz CT molecular complexity index is 1150. The fourth-order valence-corrected chi connectivity index (χ4v) is 4.15. The summed E-state index contributed by atoms with van der Waals surface area (Å²) < 4.78 is 76.3. The van der Waals surface area contributed by atoms with Gasteiger partial charge in [0.25, 0.3) is 5.89 Å². The minimum Gasteiger partial charge on any atom is -0.484 e. The molecule has 166 valence electrons. The summed E-state index contributed by atoms with van der Waals surface area (Å²) in [7, 11) is -3.17. The minimum absolute atomic E-state index is 0.0313. The summed E-state index contributed by atoms with van der Waals surface area (Å²) in [5.41, 5.74) is -0.183. The molecule has 3 aromatic rings. The Morgan fingerprint density at radius 1 is 1.13 bits per heavy atom. The average molecular weight is 455 g/mol. The second-order valence-electron chi connectivity index (χ2n) is 6.78. The number of halogens is 3.